The number of nitrogens with zero attached hydrogens (tertiary/aromatic N) is 3. The Morgan fingerprint density at radius 1 is 1.06 bits per heavy atom. The fourth-order valence-electron chi connectivity index (χ4n) is 1.97. The van der Waals surface area contributed by atoms with Crippen molar-refractivity contribution in [3.8, 4) is 0 Å². The van der Waals surface area contributed by atoms with E-state index in [1.54, 1.807) is 0 Å². The van der Waals surface area contributed by atoms with E-state index in [4.69, 9.17) is 15.9 Å². The van der Waals surface area contributed by atoms with Gasteiger partial charge in [-0.25, -0.2) is 0 Å². The van der Waals surface area contributed by atoms with Crippen molar-refractivity contribution >= 4 is 11.9 Å². The Kier molecular flexibility index (Phi) is 3.61. The molecule has 0 amide bonds. The van der Waals surface area contributed by atoms with Crippen molar-refractivity contribution < 1.29 is 4.74 Å². The van der Waals surface area contributed by atoms with E-state index in [0.29, 0.717) is 19.2 Å². The maximum Gasteiger partial charge on any atom is 0.221 e. The normalized spacial score (nSPS) is 22.6. The highest BCUT2D eigenvalue weighted by Gasteiger charge is 2.17. The molecule has 0 aromatic heterocycles. The lowest BCUT2D eigenvalue weighted by atomic mass is 10.4. The van der Waals surface area contributed by atoms with Crippen LogP contribution in [-0.2, 0) is 4.74 Å². The van der Waals surface area contributed by atoms with E-state index in [0.717, 1.165) is 26.2 Å². The Morgan fingerprint density at radius 2 is 1.69 bits per heavy atom. The minimum Gasteiger partial charge on any atom is -0.378 e. The van der Waals surface area contributed by atoms with Crippen LogP contribution >= 0.6 is 0 Å². The van der Waals surface area contributed by atoms with E-state index in [9.17, 15) is 0 Å². The van der Waals surface area contributed by atoms with Crippen LogP contribution in [0.3, 0.4) is 0 Å². The maximum atomic E-state index is 7.85. The number of morpholine rings is 1. The molecule has 0 spiro atoms. The average molecular weight is 225 g/mol. The van der Waals surface area contributed by atoms with Crippen molar-refractivity contribution in [2.45, 2.75) is 12.8 Å². The molecule has 6 nitrogen and oxygen atoms in total. The van der Waals surface area contributed by atoms with Crippen LogP contribution in [0.25, 0.3) is 0 Å². The van der Waals surface area contributed by atoms with Crippen LogP contribution in [0, 0.1) is 5.41 Å². The molecule has 0 aliphatic carbocycles. The molecule has 2 fully saturated rings. The van der Waals surface area contributed by atoms with Crippen molar-refractivity contribution in [3.05, 3.63) is 0 Å². The molecule has 2 aliphatic heterocycles. The number of aliphatic imine (C=N–C) groups is 1. The summed E-state index contributed by atoms with van der Waals surface area (Å²) in [5.41, 5.74) is 5.86. The SMILES string of the molecule is N=C(N=C(N)N1CCCC1)N1CCOCC1. The zero-order valence-corrected chi connectivity index (χ0v) is 9.48. The highest BCUT2D eigenvalue weighted by Crippen LogP contribution is 2.07. The van der Waals surface area contributed by atoms with Crippen LogP contribution in [0.2, 0.25) is 0 Å². The molecule has 16 heavy (non-hydrogen) atoms. The second-order valence-corrected chi connectivity index (χ2v) is 4.09. The lowest BCUT2D eigenvalue weighted by molar-refractivity contribution is 0.0672. The topological polar surface area (TPSA) is 77.9 Å². The average Bonchev–Trinajstić information content (AvgIpc) is 2.83. The summed E-state index contributed by atoms with van der Waals surface area (Å²) in [5.74, 6) is 0.738. The predicted molar refractivity (Wildman–Crippen MR) is 62.5 cm³/mol. The Morgan fingerprint density at radius 3 is 2.31 bits per heavy atom. The van der Waals surface area contributed by atoms with E-state index < -0.39 is 0 Å². The van der Waals surface area contributed by atoms with Crippen molar-refractivity contribution in [3.63, 3.8) is 0 Å². The van der Waals surface area contributed by atoms with Crippen LogP contribution in [-0.4, -0.2) is 61.1 Å². The summed E-state index contributed by atoms with van der Waals surface area (Å²) >= 11 is 0. The van der Waals surface area contributed by atoms with Gasteiger partial charge in [0, 0.05) is 26.2 Å². The fraction of sp³-hybridized carbons (Fsp3) is 0.800. The summed E-state index contributed by atoms with van der Waals surface area (Å²) in [6, 6.07) is 0. The summed E-state index contributed by atoms with van der Waals surface area (Å²) in [4.78, 5) is 8.09. The van der Waals surface area contributed by atoms with E-state index in [-0.39, 0.29) is 5.96 Å². The second kappa shape index (κ2) is 5.16. The van der Waals surface area contributed by atoms with Gasteiger partial charge < -0.3 is 20.3 Å². The number of ether oxygens (including phenoxy) is 1. The van der Waals surface area contributed by atoms with Gasteiger partial charge in [-0.1, -0.05) is 0 Å². The molecule has 90 valence electrons. The number of likely N-dealkylation sites (tertiary alicyclic amines) is 1. The van der Waals surface area contributed by atoms with Gasteiger partial charge in [0.05, 0.1) is 13.2 Å². The number of nitrogens with one attached hydrogen (secondary N) is 1. The zero-order valence-electron chi connectivity index (χ0n) is 9.48. The number of nitrogens with two attached hydrogens (primary N) is 1. The third kappa shape index (κ3) is 2.63. The van der Waals surface area contributed by atoms with Gasteiger partial charge in [-0.15, -0.1) is 0 Å². The van der Waals surface area contributed by atoms with Gasteiger partial charge in [0.15, 0.2) is 5.96 Å². The predicted octanol–water partition coefficient (Wildman–Crippen LogP) is -0.336. The van der Waals surface area contributed by atoms with Gasteiger partial charge in [-0.05, 0) is 12.8 Å². The van der Waals surface area contributed by atoms with Crippen LogP contribution < -0.4 is 5.73 Å². The minimum absolute atomic E-state index is 0.257. The summed E-state index contributed by atoms with van der Waals surface area (Å²) in [7, 11) is 0. The van der Waals surface area contributed by atoms with Crippen LogP contribution in [0.4, 0.5) is 0 Å². The number of guanidine groups is 2. The molecule has 0 unspecified atom stereocenters. The van der Waals surface area contributed by atoms with E-state index in [1.807, 2.05) is 9.80 Å². The van der Waals surface area contributed by atoms with Crippen LogP contribution in [0.15, 0.2) is 4.99 Å². The number of hydrogen-bond acceptors (Lipinski definition) is 2. The van der Waals surface area contributed by atoms with E-state index in [1.165, 1.54) is 12.8 Å². The Balaban J connectivity index is 1.90. The Bertz CT molecular complexity index is 279. The summed E-state index contributed by atoms with van der Waals surface area (Å²) in [5, 5.41) is 7.85. The molecule has 0 saturated carbocycles. The van der Waals surface area contributed by atoms with Crippen LogP contribution in [0.1, 0.15) is 12.8 Å². The lowest BCUT2D eigenvalue weighted by Gasteiger charge is -2.27. The molecule has 2 rings (SSSR count). The van der Waals surface area contributed by atoms with Gasteiger partial charge in [0.2, 0.25) is 5.96 Å². The lowest BCUT2D eigenvalue weighted by Crippen LogP contribution is -2.42. The highest BCUT2D eigenvalue weighted by molar-refractivity contribution is 5.92. The molecule has 3 N–H and O–H groups in total. The summed E-state index contributed by atoms with van der Waals surface area (Å²) in [6.45, 7) is 4.73. The molecule has 6 heteroatoms. The van der Waals surface area contributed by atoms with E-state index >= 15 is 0 Å². The zero-order chi connectivity index (χ0) is 11.4. The fourth-order valence-corrected chi connectivity index (χ4v) is 1.97. The maximum absolute atomic E-state index is 7.85. The van der Waals surface area contributed by atoms with Gasteiger partial charge in [-0.3, -0.25) is 5.41 Å². The van der Waals surface area contributed by atoms with Gasteiger partial charge in [0.1, 0.15) is 0 Å². The number of hydrogen-bond donors (Lipinski definition) is 2. The van der Waals surface area contributed by atoms with Crippen molar-refractivity contribution in [2.75, 3.05) is 39.4 Å². The summed E-state index contributed by atoms with van der Waals surface area (Å²) < 4.78 is 5.23. The van der Waals surface area contributed by atoms with E-state index in [2.05, 4.69) is 4.99 Å². The second-order valence-electron chi connectivity index (χ2n) is 4.09. The first-order valence-electron chi connectivity index (χ1n) is 5.78. The Labute approximate surface area is 95.6 Å². The highest BCUT2D eigenvalue weighted by atomic mass is 16.5. The van der Waals surface area contributed by atoms with Crippen molar-refractivity contribution in [2.24, 2.45) is 10.7 Å². The quantitative estimate of drug-likeness (QED) is 0.437. The molecular formula is C10H19N5O. The molecule has 2 saturated heterocycles. The third-order valence-corrected chi connectivity index (χ3v) is 2.96. The van der Waals surface area contributed by atoms with Crippen molar-refractivity contribution in [1.29, 1.82) is 5.41 Å². The van der Waals surface area contributed by atoms with Crippen LogP contribution in [0.5, 0.6) is 0 Å². The largest absolute Gasteiger partial charge is 0.378 e. The third-order valence-electron chi connectivity index (χ3n) is 2.96. The van der Waals surface area contributed by atoms with Gasteiger partial charge in [0.25, 0.3) is 0 Å². The molecule has 2 heterocycles. The summed E-state index contributed by atoms with van der Waals surface area (Å²) in [6.07, 6.45) is 2.34. The Hall–Kier alpha value is -1.30. The first-order valence-corrected chi connectivity index (χ1v) is 5.78. The molecule has 0 aromatic carbocycles. The molecule has 2 aliphatic rings. The van der Waals surface area contributed by atoms with Gasteiger partial charge >= 0.3 is 0 Å². The number of rotatable bonds is 0. The molecular weight excluding hydrogens is 206 g/mol. The van der Waals surface area contributed by atoms with Gasteiger partial charge in [-0.2, -0.15) is 4.99 Å². The molecule has 0 aromatic rings. The smallest absolute Gasteiger partial charge is 0.221 e. The minimum atomic E-state index is 0.257. The monoisotopic (exact) mass is 225 g/mol. The molecule has 0 atom stereocenters. The van der Waals surface area contributed by atoms with Crippen molar-refractivity contribution in [1.82, 2.24) is 9.80 Å². The molecule has 0 bridgehead atoms. The first-order chi connectivity index (χ1) is 7.77. The molecule has 0 radical (unpaired) electrons. The first kappa shape index (κ1) is 11.2. The standard InChI is InChI=1S/C10H19N5O/c11-9(14-3-1-2-4-14)13-10(12)15-5-7-16-8-6-15/h1-8H2,(H3,11,12,13).